The summed E-state index contributed by atoms with van der Waals surface area (Å²) >= 11 is 0. The number of Topliss-reactive ketones (excluding diaryl/α,β-unsaturated/α-hetero) is 1. The Morgan fingerprint density at radius 1 is 1.24 bits per heavy atom. The maximum atomic E-state index is 13.5. The second-order valence-electron chi connectivity index (χ2n) is 8.73. The Morgan fingerprint density at radius 3 is 2.85 bits per heavy atom. The summed E-state index contributed by atoms with van der Waals surface area (Å²) in [6, 6.07) is 10.0. The third kappa shape index (κ3) is 4.27. The van der Waals surface area contributed by atoms with E-state index in [1.54, 1.807) is 18.2 Å². The number of nitrogens with one attached hydrogen (secondary N) is 2. The van der Waals surface area contributed by atoms with E-state index < -0.39 is 11.5 Å². The topological polar surface area (TPSA) is 94.7 Å². The molecule has 1 aromatic heterocycles. The number of aromatic amines is 1. The fourth-order valence-electron chi connectivity index (χ4n) is 4.75. The number of nitrogens with zero attached hydrogens (tertiary/aromatic N) is 1. The lowest BCUT2D eigenvalue weighted by Crippen LogP contribution is -2.50. The number of piperidine rings is 1. The van der Waals surface area contributed by atoms with Crippen molar-refractivity contribution < 1.29 is 23.9 Å². The highest BCUT2D eigenvalue weighted by Gasteiger charge is 2.43. The van der Waals surface area contributed by atoms with Crippen molar-refractivity contribution in [3.63, 3.8) is 0 Å². The SMILES string of the molecule is O=C(/C=C/c1ccc2c(c1)C(=O)CC1(CCN(Cc3c[nH]c4cc(F)ccc34)CC1)O2)NO. The van der Waals surface area contributed by atoms with Crippen LogP contribution in [0.2, 0.25) is 0 Å². The van der Waals surface area contributed by atoms with E-state index in [0.29, 0.717) is 23.3 Å². The van der Waals surface area contributed by atoms with E-state index in [2.05, 4.69) is 9.88 Å². The van der Waals surface area contributed by atoms with Crippen molar-refractivity contribution in [3.05, 3.63) is 71.2 Å². The summed E-state index contributed by atoms with van der Waals surface area (Å²) in [5.74, 6) is -0.290. The molecule has 1 spiro atoms. The van der Waals surface area contributed by atoms with Crippen LogP contribution in [-0.4, -0.2) is 45.5 Å². The molecule has 0 radical (unpaired) electrons. The molecular weight excluding hydrogens is 425 g/mol. The number of amides is 1. The highest BCUT2D eigenvalue weighted by molar-refractivity contribution is 6.01. The van der Waals surface area contributed by atoms with E-state index in [4.69, 9.17) is 9.94 Å². The third-order valence-electron chi connectivity index (χ3n) is 6.54. The predicted octanol–water partition coefficient (Wildman–Crippen LogP) is 3.83. The molecule has 170 valence electrons. The molecular formula is C25H24FN3O4. The highest BCUT2D eigenvalue weighted by Crippen LogP contribution is 2.40. The van der Waals surface area contributed by atoms with Gasteiger partial charge in [-0.25, -0.2) is 9.87 Å². The zero-order valence-corrected chi connectivity index (χ0v) is 17.9. The second-order valence-corrected chi connectivity index (χ2v) is 8.73. The lowest BCUT2D eigenvalue weighted by molar-refractivity contribution is -0.124. The number of benzene rings is 2. The summed E-state index contributed by atoms with van der Waals surface area (Å²) in [7, 11) is 0. The number of hydrogen-bond donors (Lipinski definition) is 3. The summed E-state index contributed by atoms with van der Waals surface area (Å²) in [5.41, 5.74) is 4.15. The van der Waals surface area contributed by atoms with Gasteiger partial charge in [0.2, 0.25) is 0 Å². The molecule has 3 heterocycles. The van der Waals surface area contributed by atoms with Crippen LogP contribution in [0.1, 0.15) is 40.7 Å². The van der Waals surface area contributed by atoms with Gasteiger partial charge >= 0.3 is 0 Å². The molecule has 1 saturated heterocycles. The molecule has 5 rings (SSSR count). The molecule has 0 bridgehead atoms. The number of rotatable bonds is 4. The minimum absolute atomic E-state index is 0.0326. The van der Waals surface area contributed by atoms with Crippen molar-refractivity contribution in [2.75, 3.05) is 13.1 Å². The number of likely N-dealkylation sites (tertiary alicyclic amines) is 1. The molecule has 3 N–H and O–H groups in total. The highest BCUT2D eigenvalue weighted by atomic mass is 19.1. The second kappa shape index (κ2) is 8.46. The monoisotopic (exact) mass is 449 g/mol. The van der Waals surface area contributed by atoms with Crippen molar-refractivity contribution in [1.82, 2.24) is 15.4 Å². The average molecular weight is 449 g/mol. The summed E-state index contributed by atoms with van der Waals surface area (Å²) in [5, 5.41) is 9.62. The molecule has 8 heteroatoms. The number of carbonyl (C=O) groups is 2. The summed E-state index contributed by atoms with van der Waals surface area (Å²) in [6.07, 6.45) is 6.46. The largest absolute Gasteiger partial charge is 0.486 e. The molecule has 0 saturated carbocycles. The van der Waals surface area contributed by atoms with Crippen molar-refractivity contribution in [2.45, 2.75) is 31.4 Å². The molecule has 1 fully saturated rings. The predicted molar refractivity (Wildman–Crippen MR) is 120 cm³/mol. The Hall–Kier alpha value is -3.49. The molecule has 2 aliphatic rings. The molecule has 2 aromatic carbocycles. The summed E-state index contributed by atoms with van der Waals surface area (Å²) in [6.45, 7) is 2.35. The van der Waals surface area contributed by atoms with E-state index in [0.717, 1.165) is 48.9 Å². The van der Waals surface area contributed by atoms with Gasteiger partial charge in [-0.3, -0.25) is 19.7 Å². The van der Waals surface area contributed by atoms with E-state index in [1.165, 1.54) is 29.8 Å². The molecule has 33 heavy (non-hydrogen) atoms. The molecule has 0 aliphatic carbocycles. The van der Waals surface area contributed by atoms with Gasteiger partial charge in [0, 0.05) is 55.7 Å². The van der Waals surface area contributed by atoms with Crippen LogP contribution in [0.25, 0.3) is 17.0 Å². The van der Waals surface area contributed by atoms with Gasteiger partial charge in [0.05, 0.1) is 12.0 Å². The molecule has 0 atom stereocenters. The number of fused-ring (bicyclic) bond motifs is 2. The molecule has 0 unspecified atom stereocenters. The standard InChI is InChI=1S/C25H24FN3O4/c26-18-3-4-19-17(14-27-21(19)12-18)15-29-9-7-25(8-10-29)13-22(30)20-11-16(1-5-23(20)33-25)2-6-24(31)28-32/h1-6,11-12,14,27,32H,7-10,13,15H2,(H,28,31)/b6-2+. The van der Waals surface area contributed by atoms with Crippen LogP contribution in [0.5, 0.6) is 5.75 Å². The smallest absolute Gasteiger partial charge is 0.267 e. The van der Waals surface area contributed by atoms with Crippen LogP contribution in [0.15, 0.2) is 48.7 Å². The Morgan fingerprint density at radius 2 is 2.06 bits per heavy atom. The van der Waals surface area contributed by atoms with Gasteiger partial charge in [-0.2, -0.15) is 0 Å². The van der Waals surface area contributed by atoms with Gasteiger partial charge in [-0.1, -0.05) is 6.07 Å². The maximum Gasteiger partial charge on any atom is 0.267 e. The van der Waals surface area contributed by atoms with Gasteiger partial charge in [0.15, 0.2) is 5.78 Å². The Labute approximate surface area is 189 Å². The Bertz CT molecular complexity index is 1260. The minimum atomic E-state index is -0.638. The first-order chi connectivity index (χ1) is 15.9. The number of ketones is 1. The van der Waals surface area contributed by atoms with Gasteiger partial charge in [-0.05, 0) is 47.5 Å². The third-order valence-corrected chi connectivity index (χ3v) is 6.54. The Balaban J connectivity index is 1.26. The lowest BCUT2D eigenvalue weighted by atomic mass is 9.82. The summed E-state index contributed by atoms with van der Waals surface area (Å²) in [4.78, 5) is 29.6. The van der Waals surface area contributed by atoms with E-state index >= 15 is 0 Å². The number of aromatic nitrogens is 1. The van der Waals surface area contributed by atoms with Crippen LogP contribution in [0.3, 0.4) is 0 Å². The lowest BCUT2D eigenvalue weighted by Gasteiger charge is -2.44. The van der Waals surface area contributed by atoms with Crippen LogP contribution in [0.4, 0.5) is 4.39 Å². The molecule has 3 aromatic rings. The first-order valence-corrected chi connectivity index (χ1v) is 10.9. The summed E-state index contributed by atoms with van der Waals surface area (Å²) < 4.78 is 19.8. The minimum Gasteiger partial charge on any atom is -0.486 e. The van der Waals surface area contributed by atoms with Crippen LogP contribution in [-0.2, 0) is 11.3 Å². The maximum absolute atomic E-state index is 13.5. The van der Waals surface area contributed by atoms with Gasteiger partial charge in [-0.15, -0.1) is 0 Å². The molecule has 2 aliphatic heterocycles. The number of hydrogen-bond acceptors (Lipinski definition) is 5. The molecule has 7 nitrogen and oxygen atoms in total. The number of ether oxygens (including phenoxy) is 1. The zero-order chi connectivity index (χ0) is 23.0. The molecule has 1 amide bonds. The van der Waals surface area contributed by atoms with E-state index in [-0.39, 0.29) is 11.6 Å². The van der Waals surface area contributed by atoms with Crippen molar-refractivity contribution in [2.24, 2.45) is 0 Å². The van der Waals surface area contributed by atoms with Crippen molar-refractivity contribution in [3.8, 4) is 5.75 Å². The van der Waals surface area contributed by atoms with Crippen LogP contribution < -0.4 is 10.2 Å². The van der Waals surface area contributed by atoms with E-state index in [1.807, 2.05) is 12.3 Å². The first-order valence-electron chi connectivity index (χ1n) is 10.9. The van der Waals surface area contributed by atoms with Crippen molar-refractivity contribution >= 4 is 28.7 Å². The normalized spacial score (nSPS) is 17.9. The first kappa shape index (κ1) is 21.4. The Kier molecular flexibility index (Phi) is 5.47. The number of halogens is 1. The number of H-pyrrole nitrogens is 1. The van der Waals surface area contributed by atoms with Crippen LogP contribution >= 0.6 is 0 Å². The average Bonchev–Trinajstić information content (AvgIpc) is 3.21. The number of carbonyl (C=O) groups excluding carboxylic acids is 2. The van der Waals surface area contributed by atoms with E-state index in [9.17, 15) is 14.0 Å². The zero-order valence-electron chi connectivity index (χ0n) is 17.9. The quantitative estimate of drug-likeness (QED) is 0.320. The van der Waals surface area contributed by atoms with Gasteiger partial charge in [0.1, 0.15) is 17.2 Å². The fourth-order valence-corrected chi connectivity index (χ4v) is 4.75. The van der Waals surface area contributed by atoms with Gasteiger partial charge < -0.3 is 9.72 Å². The van der Waals surface area contributed by atoms with Crippen molar-refractivity contribution in [1.29, 1.82) is 0 Å². The van der Waals surface area contributed by atoms with Crippen LogP contribution in [0, 0.1) is 5.82 Å². The van der Waals surface area contributed by atoms with Gasteiger partial charge in [0.25, 0.3) is 5.91 Å². The number of hydroxylamine groups is 1. The fraction of sp³-hybridized carbons (Fsp3) is 0.280.